The van der Waals surface area contributed by atoms with E-state index in [4.69, 9.17) is 5.73 Å². The Morgan fingerprint density at radius 1 is 1.00 bits per heavy atom. The van der Waals surface area contributed by atoms with Crippen LogP contribution in [0.25, 0.3) is 0 Å². The van der Waals surface area contributed by atoms with Crippen molar-refractivity contribution in [2.24, 2.45) is 0 Å². The molecule has 1 amide bonds. The van der Waals surface area contributed by atoms with Gasteiger partial charge in [-0.2, -0.15) is 0 Å². The van der Waals surface area contributed by atoms with Gasteiger partial charge in [0.1, 0.15) is 0 Å². The second-order valence-corrected chi connectivity index (χ2v) is 5.04. The van der Waals surface area contributed by atoms with E-state index in [0.29, 0.717) is 12.1 Å². The third-order valence-electron chi connectivity index (χ3n) is 3.20. The fraction of sp³-hybridized carbons (Fsp3) is 0.562. The summed E-state index contributed by atoms with van der Waals surface area (Å²) in [6, 6.07) is 7.25. The van der Waals surface area contributed by atoms with Gasteiger partial charge in [-0.1, -0.05) is 45.4 Å². The highest BCUT2D eigenvalue weighted by molar-refractivity contribution is 5.90. The van der Waals surface area contributed by atoms with Crippen molar-refractivity contribution in [2.45, 2.75) is 58.3 Å². The van der Waals surface area contributed by atoms with Gasteiger partial charge in [0.05, 0.1) is 0 Å². The number of hydrogen-bond donors (Lipinski definition) is 2. The number of anilines is 2. The summed E-state index contributed by atoms with van der Waals surface area (Å²) >= 11 is 0. The fourth-order valence-electron chi connectivity index (χ4n) is 2.03. The van der Waals surface area contributed by atoms with Gasteiger partial charge in [-0.05, 0) is 30.7 Å². The standard InChI is InChI=1S/C16H26N2O/c1-2-3-4-5-6-7-8-9-16(19)18-15-12-10-14(17)11-13-15/h10-13H,2-9,17H2,1H3,(H,18,19). The molecule has 3 N–H and O–H groups in total. The fourth-order valence-corrected chi connectivity index (χ4v) is 2.03. The normalized spacial score (nSPS) is 10.4. The van der Waals surface area contributed by atoms with Crippen molar-refractivity contribution in [3.63, 3.8) is 0 Å². The zero-order chi connectivity index (χ0) is 13.9. The molecule has 0 aliphatic rings. The van der Waals surface area contributed by atoms with Crippen molar-refractivity contribution >= 4 is 17.3 Å². The Morgan fingerprint density at radius 3 is 2.21 bits per heavy atom. The van der Waals surface area contributed by atoms with E-state index in [0.717, 1.165) is 18.5 Å². The minimum absolute atomic E-state index is 0.0957. The maximum Gasteiger partial charge on any atom is 0.224 e. The van der Waals surface area contributed by atoms with Gasteiger partial charge in [-0.25, -0.2) is 0 Å². The molecule has 0 aliphatic heterocycles. The van der Waals surface area contributed by atoms with Crippen molar-refractivity contribution in [1.82, 2.24) is 0 Å². The van der Waals surface area contributed by atoms with E-state index in [9.17, 15) is 4.79 Å². The Kier molecular flexibility index (Phi) is 7.71. The molecular weight excluding hydrogens is 236 g/mol. The second kappa shape index (κ2) is 9.42. The molecule has 0 aliphatic carbocycles. The lowest BCUT2D eigenvalue weighted by molar-refractivity contribution is -0.116. The van der Waals surface area contributed by atoms with Gasteiger partial charge in [0.25, 0.3) is 0 Å². The van der Waals surface area contributed by atoms with Gasteiger partial charge in [0, 0.05) is 17.8 Å². The zero-order valence-electron chi connectivity index (χ0n) is 12.0. The lowest BCUT2D eigenvalue weighted by atomic mass is 10.1. The van der Waals surface area contributed by atoms with Crippen LogP contribution < -0.4 is 11.1 Å². The van der Waals surface area contributed by atoms with E-state index in [-0.39, 0.29) is 5.91 Å². The van der Waals surface area contributed by atoms with Crippen LogP contribution in [0.4, 0.5) is 11.4 Å². The quantitative estimate of drug-likeness (QED) is 0.513. The second-order valence-electron chi connectivity index (χ2n) is 5.04. The number of nitrogens with two attached hydrogens (primary N) is 1. The van der Waals surface area contributed by atoms with Crippen molar-refractivity contribution < 1.29 is 4.79 Å². The predicted octanol–water partition coefficient (Wildman–Crippen LogP) is 4.35. The summed E-state index contributed by atoms with van der Waals surface area (Å²) in [4.78, 5) is 11.7. The molecule has 0 spiro atoms. The van der Waals surface area contributed by atoms with E-state index in [1.807, 2.05) is 12.1 Å². The first-order valence-electron chi connectivity index (χ1n) is 7.37. The van der Waals surface area contributed by atoms with E-state index < -0.39 is 0 Å². The van der Waals surface area contributed by atoms with Crippen LogP contribution in [0.5, 0.6) is 0 Å². The monoisotopic (exact) mass is 262 g/mol. The maximum absolute atomic E-state index is 11.7. The topological polar surface area (TPSA) is 55.1 Å². The number of carbonyl (C=O) groups excluding carboxylic acids is 1. The third-order valence-corrected chi connectivity index (χ3v) is 3.20. The molecular formula is C16H26N2O. The zero-order valence-corrected chi connectivity index (χ0v) is 12.0. The average molecular weight is 262 g/mol. The van der Waals surface area contributed by atoms with Crippen LogP contribution in [0.15, 0.2) is 24.3 Å². The summed E-state index contributed by atoms with van der Waals surface area (Å²) in [5.41, 5.74) is 7.13. The van der Waals surface area contributed by atoms with Gasteiger partial charge >= 0.3 is 0 Å². The molecule has 0 atom stereocenters. The molecule has 0 heterocycles. The number of unbranched alkanes of at least 4 members (excludes halogenated alkanes) is 6. The SMILES string of the molecule is CCCCCCCCCC(=O)Nc1ccc(N)cc1. The molecule has 19 heavy (non-hydrogen) atoms. The van der Waals surface area contributed by atoms with Gasteiger partial charge in [-0.3, -0.25) is 4.79 Å². The largest absolute Gasteiger partial charge is 0.399 e. The van der Waals surface area contributed by atoms with Crippen LogP contribution in [-0.4, -0.2) is 5.91 Å². The van der Waals surface area contributed by atoms with Crippen LogP contribution in [0.3, 0.4) is 0 Å². The van der Waals surface area contributed by atoms with Crippen molar-refractivity contribution in [3.05, 3.63) is 24.3 Å². The Balaban J connectivity index is 2.06. The van der Waals surface area contributed by atoms with Crippen molar-refractivity contribution in [1.29, 1.82) is 0 Å². The lowest BCUT2D eigenvalue weighted by Gasteiger charge is -2.05. The molecule has 0 bridgehead atoms. The molecule has 106 valence electrons. The molecule has 0 saturated heterocycles. The van der Waals surface area contributed by atoms with Gasteiger partial charge in [0.15, 0.2) is 0 Å². The number of hydrogen-bond acceptors (Lipinski definition) is 2. The smallest absolute Gasteiger partial charge is 0.224 e. The minimum atomic E-state index is 0.0957. The van der Waals surface area contributed by atoms with Crippen molar-refractivity contribution in [2.75, 3.05) is 11.1 Å². The number of carbonyl (C=O) groups is 1. The van der Waals surface area contributed by atoms with Gasteiger partial charge in [0.2, 0.25) is 5.91 Å². The molecule has 0 radical (unpaired) electrons. The first-order chi connectivity index (χ1) is 9.22. The summed E-state index contributed by atoms with van der Waals surface area (Å²) in [7, 11) is 0. The molecule has 3 nitrogen and oxygen atoms in total. The van der Waals surface area contributed by atoms with E-state index in [1.54, 1.807) is 12.1 Å². The third kappa shape index (κ3) is 7.50. The molecule has 0 unspecified atom stereocenters. The molecule has 3 heteroatoms. The highest BCUT2D eigenvalue weighted by Gasteiger charge is 2.01. The molecule has 0 saturated carbocycles. The van der Waals surface area contributed by atoms with Crippen LogP contribution in [0, 0.1) is 0 Å². The summed E-state index contributed by atoms with van der Waals surface area (Å²) in [5.74, 6) is 0.0957. The van der Waals surface area contributed by atoms with Crippen LogP contribution in [0.1, 0.15) is 58.3 Å². The molecule has 1 aromatic carbocycles. The number of benzene rings is 1. The lowest BCUT2D eigenvalue weighted by Crippen LogP contribution is -2.10. The van der Waals surface area contributed by atoms with E-state index in [2.05, 4.69) is 12.2 Å². The maximum atomic E-state index is 11.7. The van der Waals surface area contributed by atoms with E-state index in [1.165, 1.54) is 32.1 Å². The van der Waals surface area contributed by atoms with Gasteiger partial charge < -0.3 is 11.1 Å². The summed E-state index contributed by atoms with van der Waals surface area (Å²) in [5, 5.41) is 2.89. The summed E-state index contributed by atoms with van der Waals surface area (Å²) in [6.45, 7) is 2.22. The highest BCUT2D eigenvalue weighted by atomic mass is 16.1. The summed E-state index contributed by atoms with van der Waals surface area (Å²) in [6.07, 6.45) is 9.22. The van der Waals surface area contributed by atoms with Crippen molar-refractivity contribution in [3.8, 4) is 0 Å². The number of nitrogens with one attached hydrogen (secondary N) is 1. The van der Waals surface area contributed by atoms with Crippen LogP contribution in [-0.2, 0) is 4.79 Å². The number of amides is 1. The Morgan fingerprint density at radius 2 is 1.58 bits per heavy atom. The Labute approximate surface area is 116 Å². The Bertz CT molecular complexity index is 360. The molecule has 1 aromatic rings. The predicted molar refractivity (Wildman–Crippen MR) is 82.1 cm³/mol. The Hall–Kier alpha value is -1.51. The van der Waals surface area contributed by atoms with Gasteiger partial charge in [-0.15, -0.1) is 0 Å². The summed E-state index contributed by atoms with van der Waals surface area (Å²) < 4.78 is 0. The molecule has 1 rings (SSSR count). The molecule has 0 fully saturated rings. The first-order valence-corrected chi connectivity index (χ1v) is 7.37. The average Bonchev–Trinajstić information content (AvgIpc) is 2.40. The van der Waals surface area contributed by atoms with Crippen LogP contribution >= 0.6 is 0 Å². The highest BCUT2D eigenvalue weighted by Crippen LogP contribution is 2.12. The number of rotatable bonds is 9. The van der Waals surface area contributed by atoms with Crippen LogP contribution in [0.2, 0.25) is 0 Å². The number of nitrogen functional groups attached to an aromatic ring is 1. The first kappa shape index (κ1) is 15.5. The minimum Gasteiger partial charge on any atom is -0.399 e. The van der Waals surface area contributed by atoms with E-state index >= 15 is 0 Å². The molecule has 0 aromatic heterocycles.